The maximum atomic E-state index is 13.1. The lowest BCUT2D eigenvalue weighted by Crippen LogP contribution is -2.19. The number of carbonyl (C=O) groups excluding carboxylic acids is 2. The van der Waals surface area contributed by atoms with Gasteiger partial charge in [0.05, 0.1) is 11.4 Å². The highest BCUT2D eigenvalue weighted by Crippen LogP contribution is 2.34. The second-order valence-corrected chi connectivity index (χ2v) is 8.03. The summed E-state index contributed by atoms with van der Waals surface area (Å²) in [7, 11) is 0. The second-order valence-electron chi connectivity index (χ2n) is 7.01. The van der Waals surface area contributed by atoms with Gasteiger partial charge in [0.15, 0.2) is 5.76 Å². The lowest BCUT2D eigenvalue weighted by molar-refractivity contribution is -0.113. The molecule has 2 amide bonds. The molecule has 4 aromatic rings. The smallest absolute Gasteiger partial charge is 0.291 e. The Morgan fingerprint density at radius 1 is 1.06 bits per heavy atom. The Morgan fingerprint density at radius 2 is 1.87 bits per heavy atom. The Labute approximate surface area is 182 Å². The molecule has 1 aliphatic rings. The van der Waals surface area contributed by atoms with E-state index in [0.717, 1.165) is 10.3 Å². The molecule has 0 radical (unpaired) electrons. The number of furan rings is 1. The molecule has 3 aromatic carbocycles. The van der Waals surface area contributed by atoms with Gasteiger partial charge in [-0.1, -0.05) is 36.4 Å². The molecule has 0 aliphatic carbocycles. The monoisotopic (exact) mass is 430 g/mol. The third kappa shape index (κ3) is 4.00. The average molecular weight is 430 g/mol. The van der Waals surface area contributed by atoms with Crippen molar-refractivity contribution in [1.29, 1.82) is 0 Å². The van der Waals surface area contributed by atoms with Gasteiger partial charge < -0.3 is 19.8 Å². The predicted molar refractivity (Wildman–Crippen MR) is 121 cm³/mol. The van der Waals surface area contributed by atoms with E-state index in [0.29, 0.717) is 34.0 Å². The average Bonchev–Trinajstić information content (AvgIpc) is 3.17. The second kappa shape index (κ2) is 8.20. The first kappa shape index (κ1) is 19.3. The van der Waals surface area contributed by atoms with Crippen LogP contribution in [0.4, 0.5) is 11.4 Å². The van der Waals surface area contributed by atoms with Crippen LogP contribution in [0.25, 0.3) is 11.0 Å². The number of nitrogens with one attached hydrogen (secondary N) is 2. The van der Waals surface area contributed by atoms with E-state index in [1.807, 2.05) is 66.7 Å². The molecule has 0 unspecified atom stereocenters. The van der Waals surface area contributed by atoms with Crippen molar-refractivity contribution in [1.82, 2.24) is 0 Å². The number of hydrogen-bond donors (Lipinski definition) is 2. The van der Waals surface area contributed by atoms with Crippen LogP contribution in [0.1, 0.15) is 16.1 Å². The van der Waals surface area contributed by atoms with Crippen molar-refractivity contribution in [3.63, 3.8) is 0 Å². The van der Waals surface area contributed by atoms with Crippen molar-refractivity contribution in [2.24, 2.45) is 0 Å². The molecule has 2 N–H and O–H groups in total. The van der Waals surface area contributed by atoms with Crippen molar-refractivity contribution in [3.05, 3.63) is 84.1 Å². The maximum absolute atomic E-state index is 13.1. The summed E-state index contributed by atoms with van der Waals surface area (Å²) in [5.74, 6) is 0.870. The lowest BCUT2D eigenvalue weighted by atomic mass is 10.1. The van der Waals surface area contributed by atoms with Crippen LogP contribution < -0.4 is 15.4 Å². The van der Waals surface area contributed by atoms with Crippen molar-refractivity contribution < 1.29 is 18.7 Å². The van der Waals surface area contributed by atoms with Crippen LogP contribution >= 0.6 is 11.8 Å². The fourth-order valence-corrected chi connectivity index (χ4v) is 4.23. The first-order valence-electron chi connectivity index (χ1n) is 9.74. The number of anilines is 2. The van der Waals surface area contributed by atoms with Gasteiger partial charge in [-0.05, 0) is 36.4 Å². The van der Waals surface area contributed by atoms with Crippen molar-refractivity contribution in [3.8, 4) is 5.75 Å². The predicted octanol–water partition coefficient (Wildman–Crippen LogP) is 5.31. The topological polar surface area (TPSA) is 80.6 Å². The normalized spacial score (nSPS) is 12.8. The molecule has 0 spiro atoms. The SMILES string of the molecule is O=C1CSc2ccc(NC(=O)c3oc4ccccc4c3COc3ccccc3)cc2N1. The molecule has 1 aromatic heterocycles. The number of fused-ring (bicyclic) bond motifs is 2. The van der Waals surface area contributed by atoms with Crippen molar-refractivity contribution in [2.45, 2.75) is 11.5 Å². The van der Waals surface area contributed by atoms with Crippen molar-refractivity contribution in [2.75, 3.05) is 16.4 Å². The standard InChI is InChI=1S/C24H18N2O4S/c27-22-14-31-21-11-10-15(12-19(21)26-22)25-24(28)23-18(13-29-16-6-2-1-3-7-16)17-8-4-5-9-20(17)30-23/h1-12H,13-14H2,(H,25,28)(H,26,27). The van der Waals surface area contributed by atoms with Crippen LogP contribution in [0.5, 0.6) is 5.75 Å². The Balaban J connectivity index is 1.43. The zero-order valence-corrected chi connectivity index (χ0v) is 17.2. The number of hydrogen-bond acceptors (Lipinski definition) is 5. The summed E-state index contributed by atoms with van der Waals surface area (Å²) >= 11 is 1.47. The van der Waals surface area contributed by atoms with Gasteiger partial charge in [-0.3, -0.25) is 9.59 Å². The molecule has 0 bridgehead atoms. The zero-order valence-electron chi connectivity index (χ0n) is 16.4. The van der Waals surface area contributed by atoms with Gasteiger partial charge in [-0.25, -0.2) is 0 Å². The van der Waals surface area contributed by atoms with E-state index in [-0.39, 0.29) is 24.2 Å². The minimum atomic E-state index is -0.377. The third-order valence-corrected chi connectivity index (χ3v) is 5.97. The number of rotatable bonds is 5. The Bertz CT molecular complexity index is 1280. The summed E-state index contributed by atoms with van der Waals surface area (Å²) in [6, 6.07) is 22.4. The van der Waals surface area contributed by atoms with E-state index >= 15 is 0 Å². The van der Waals surface area contributed by atoms with Gasteiger partial charge >= 0.3 is 0 Å². The molecular formula is C24H18N2O4S. The highest BCUT2D eigenvalue weighted by Gasteiger charge is 2.22. The molecule has 31 heavy (non-hydrogen) atoms. The molecule has 6 nitrogen and oxygen atoms in total. The van der Waals surface area contributed by atoms with Crippen molar-refractivity contribution >= 4 is 45.9 Å². The summed E-state index contributed by atoms with van der Waals surface area (Å²) < 4.78 is 11.8. The molecule has 0 saturated heterocycles. The van der Waals surface area contributed by atoms with E-state index < -0.39 is 0 Å². The molecule has 7 heteroatoms. The minimum absolute atomic E-state index is 0.0568. The molecule has 0 fully saturated rings. The number of benzene rings is 3. The van der Waals surface area contributed by atoms with Crippen LogP contribution in [0.2, 0.25) is 0 Å². The van der Waals surface area contributed by atoms with Gasteiger partial charge in [-0.15, -0.1) is 11.8 Å². The van der Waals surface area contributed by atoms with E-state index in [9.17, 15) is 9.59 Å². The van der Waals surface area contributed by atoms with Crippen LogP contribution in [0.3, 0.4) is 0 Å². The largest absolute Gasteiger partial charge is 0.489 e. The zero-order chi connectivity index (χ0) is 21.2. The molecule has 0 atom stereocenters. The molecule has 0 saturated carbocycles. The maximum Gasteiger partial charge on any atom is 0.291 e. The van der Waals surface area contributed by atoms with E-state index in [2.05, 4.69) is 10.6 Å². The molecule has 1 aliphatic heterocycles. The van der Waals surface area contributed by atoms with Crippen LogP contribution in [0.15, 0.2) is 82.1 Å². The van der Waals surface area contributed by atoms with Crippen LogP contribution in [-0.4, -0.2) is 17.6 Å². The summed E-state index contributed by atoms with van der Waals surface area (Å²) in [4.78, 5) is 25.7. The lowest BCUT2D eigenvalue weighted by Gasteiger charge is -2.17. The Morgan fingerprint density at radius 3 is 2.74 bits per heavy atom. The summed E-state index contributed by atoms with van der Waals surface area (Å²) in [5, 5.41) is 6.54. The Kier molecular flexibility index (Phi) is 5.09. The summed E-state index contributed by atoms with van der Waals surface area (Å²) in [6.07, 6.45) is 0. The van der Waals surface area contributed by atoms with E-state index in [1.165, 1.54) is 11.8 Å². The number of thioether (sulfide) groups is 1. The van der Waals surface area contributed by atoms with Crippen LogP contribution in [0, 0.1) is 0 Å². The first-order chi connectivity index (χ1) is 15.2. The van der Waals surface area contributed by atoms with E-state index in [1.54, 1.807) is 6.07 Å². The molecular weight excluding hydrogens is 412 g/mol. The number of carbonyl (C=O) groups is 2. The van der Waals surface area contributed by atoms with Gasteiger partial charge in [-0.2, -0.15) is 0 Å². The number of ether oxygens (including phenoxy) is 1. The highest BCUT2D eigenvalue weighted by atomic mass is 32.2. The fourth-order valence-electron chi connectivity index (χ4n) is 3.45. The van der Waals surface area contributed by atoms with Crippen LogP contribution in [-0.2, 0) is 11.4 Å². The third-order valence-electron chi connectivity index (χ3n) is 4.90. The van der Waals surface area contributed by atoms with Gasteiger partial charge in [0.25, 0.3) is 5.91 Å². The molecule has 154 valence electrons. The summed E-state index contributed by atoms with van der Waals surface area (Å²) in [5.41, 5.74) is 2.56. The number of amides is 2. The minimum Gasteiger partial charge on any atom is -0.489 e. The Hall–Kier alpha value is -3.71. The summed E-state index contributed by atoms with van der Waals surface area (Å²) in [6.45, 7) is 0.195. The molecule has 5 rings (SSSR count). The first-order valence-corrected chi connectivity index (χ1v) is 10.7. The van der Waals surface area contributed by atoms with Gasteiger partial charge in [0, 0.05) is 21.5 Å². The number of para-hydroxylation sites is 2. The fraction of sp³-hybridized carbons (Fsp3) is 0.0833. The quantitative estimate of drug-likeness (QED) is 0.449. The van der Waals surface area contributed by atoms with E-state index in [4.69, 9.17) is 9.15 Å². The van der Waals surface area contributed by atoms with Gasteiger partial charge in [0.2, 0.25) is 5.91 Å². The highest BCUT2D eigenvalue weighted by molar-refractivity contribution is 8.00. The van der Waals surface area contributed by atoms with Gasteiger partial charge in [0.1, 0.15) is 17.9 Å². The molecule has 2 heterocycles.